The third-order valence-corrected chi connectivity index (χ3v) is 3.47. The standard InChI is InChI=1S/C18H29N/c1-5-10-15(3)18(11-6-2)19-16(4)14-17-12-8-7-9-13-17/h7-9,11-13,15-16,19H,5-6,10,14H2,1-4H3/b18-11+. The molecule has 0 radical (unpaired) electrons. The lowest BCUT2D eigenvalue weighted by Gasteiger charge is -2.23. The summed E-state index contributed by atoms with van der Waals surface area (Å²) in [6.07, 6.45) is 7.05. The predicted octanol–water partition coefficient (Wildman–Crippen LogP) is 4.94. The molecule has 0 aliphatic rings. The summed E-state index contributed by atoms with van der Waals surface area (Å²) in [7, 11) is 0. The second kappa shape index (κ2) is 8.79. The third-order valence-electron chi connectivity index (χ3n) is 3.47. The van der Waals surface area contributed by atoms with Crippen LogP contribution < -0.4 is 5.32 Å². The van der Waals surface area contributed by atoms with Crippen molar-refractivity contribution >= 4 is 0 Å². The van der Waals surface area contributed by atoms with E-state index < -0.39 is 0 Å². The lowest BCUT2D eigenvalue weighted by atomic mass is 9.99. The quantitative estimate of drug-likeness (QED) is 0.697. The first-order valence-corrected chi connectivity index (χ1v) is 7.67. The van der Waals surface area contributed by atoms with Gasteiger partial charge in [-0.15, -0.1) is 0 Å². The second-order valence-electron chi connectivity index (χ2n) is 5.49. The fraction of sp³-hybridized carbons (Fsp3) is 0.556. The number of nitrogens with one attached hydrogen (secondary N) is 1. The summed E-state index contributed by atoms with van der Waals surface area (Å²) in [5, 5.41) is 3.71. The van der Waals surface area contributed by atoms with Crippen LogP contribution in [-0.2, 0) is 6.42 Å². The first-order chi connectivity index (χ1) is 9.17. The molecular weight excluding hydrogens is 230 g/mol. The molecule has 0 heterocycles. The maximum atomic E-state index is 3.71. The monoisotopic (exact) mass is 259 g/mol. The zero-order valence-electron chi connectivity index (χ0n) is 12.9. The summed E-state index contributed by atoms with van der Waals surface area (Å²) in [6, 6.07) is 11.2. The molecule has 1 nitrogen and oxygen atoms in total. The number of hydrogen-bond donors (Lipinski definition) is 1. The Labute approximate surface area is 119 Å². The zero-order valence-corrected chi connectivity index (χ0v) is 12.9. The van der Waals surface area contributed by atoms with Crippen molar-refractivity contribution in [1.29, 1.82) is 0 Å². The van der Waals surface area contributed by atoms with Gasteiger partial charge in [-0.3, -0.25) is 0 Å². The van der Waals surface area contributed by atoms with Gasteiger partial charge in [-0.2, -0.15) is 0 Å². The highest BCUT2D eigenvalue weighted by molar-refractivity contribution is 5.16. The molecule has 0 saturated carbocycles. The molecule has 1 aromatic rings. The van der Waals surface area contributed by atoms with Crippen molar-refractivity contribution < 1.29 is 0 Å². The Hall–Kier alpha value is -1.24. The topological polar surface area (TPSA) is 12.0 Å². The Bertz CT molecular complexity index is 367. The van der Waals surface area contributed by atoms with E-state index in [4.69, 9.17) is 0 Å². The van der Waals surface area contributed by atoms with E-state index in [0.29, 0.717) is 12.0 Å². The van der Waals surface area contributed by atoms with Gasteiger partial charge in [-0.1, -0.05) is 63.6 Å². The highest BCUT2D eigenvalue weighted by Gasteiger charge is 2.10. The van der Waals surface area contributed by atoms with Crippen molar-refractivity contribution in [2.24, 2.45) is 5.92 Å². The average molecular weight is 259 g/mol. The minimum Gasteiger partial charge on any atom is -0.386 e. The van der Waals surface area contributed by atoms with Crippen LogP contribution in [0.3, 0.4) is 0 Å². The van der Waals surface area contributed by atoms with Gasteiger partial charge in [0.15, 0.2) is 0 Å². The molecule has 0 spiro atoms. The van der Waals surface area contributed by atoms with Gasteiger partial charge in [0, 0.05) is 11.7 Å². The largest absolute Gasteiger partial charge is 0.386 e. The molecule has 0 fully saturated rings. The summed E-state index contributed by atoms with van der Waals surface area (Å²) in [4.78, 5) is 0. The van der Waals surface area contributed by atoms with Crippen LogP contribution in [0.4, 0.5) is 0 Å². The molecule has 0 aliphatic carbocycles. The van der Waals surface area contributed by atoms with E-state index in [1.807, 2.05) is 0 Å². The van der Waals surface area contributed by atoms with Crippen molar-refractivity contribution in [2.75, 3.05) is 0 Å². The summed E-state index contributed by atoms with van der Waals surface area (Å²) >= 11 is 0. The minimum absolute atomic E-state index is 0.486. The van der Waals surface area contributed by atoms with Crippen LogP contribution in [0.2, 0.25) is 0 Å². The van der Waals surface area contributed by atoms with E-state index in [2.05, 4.69) is 69.4 Å². The smallest absolute Gasteiger partial charge is 0.0270 e. The number of benzene rings is 1. The fourth-order valence-electron chi connectivity index (χ4n) is 2.51. The van der Waals surface area contributed by atoms with Gasteiger partial charge in [0.1, 0.15) is 0 Å². The Morgan fingerprint density at radius 3 is 2.42 bits per heavy atom. The summed E-state index contributed by atoms with van der Waals surface area (Å²) in [6.45, 7) is 9.07. The van der Waals surface area contributed by atoms with Gasteiger partial charge in [0.2, 0.25) is 0 Å². The van der Waals surface area contributed by atoms with Crippen LogP contribution in [0.1, 0.15) is 52.5 Å². The maximum Gasteiger partial charge on any atom is 0.0270 e. The van der Waals surface area contributed by atoms with E-state index >= 15 is 0 Å². The number of hydrogen-bond acceptors (Lipinski definition) is 1. The fourth-order valence-corrected chi connectivity index (χ4v) is 2.51. The lowest BCUT2D eigenvalue weighted by molar-refractivity contribution is 0.505. The highest BCUT2D eigenvalue weighted by atomic mass is 14.9. The van der Waals surface area contributed by atoms with Crippen LogP contribution in [-0.4, -0.2) is 6.04 Å². The van der Waals surface area contributed by atoms with E-state index in [0.717, 1.165) is 12.8 Å². The Morgan fingerprint density at radius 1 is 1.16 bits per heavy atom. The molecule has 1 heteroatoms. The van der Waals surface area contributed by atoms with Crippen molar-refractivity contribution in [3.8, 4) is 0 Å². The number of rotatable bonds is 8. The van der Waals surface area contributed by atoms with E-state index in [1.165, 1.54) is 24.1 Å². The van der Waals surface area contributed by atoms with Gasteiger partial charge < -0.3 is 5.32 Å². The molecule has 1 N–H and O–H groups in total. The Balaban J connectivity index is 2.56. The molecule has 0 aliphatic heterocycles. The first kappa shape index (κ1) is 15.8. The van der Waals surface area contributed by atoms with Gasteiger partial charge in [0.05, 0.1) is 0 Å². The number of allylic oxidation sites excluding steroid dienone is 2. The molecule has 0 aromatic heterocycles. The van der Waals surface area contributed by atoms with Crippen molar-refractivity contribution in [2.45, 2.75) is 59.4 Å². The lowest BCUT2D eigenvalue weighted by Crippen LogP contribution is -2.30. The average Bonchev–Trinajstić information content (AvgIpc) is 2.39. The van der Waals surface area contributed by atoms with E-state index in [9.17, 15) is 0 Å². The SMILES string of the molecule is CC/C=C(/NC(C)Cc1ccccc1)C(C)CCC. The van der Waals surface area contributed by atoms with Gasteiger partial charge in [-0.05, 0) is 37.7 Å². The minimum atomic E-state index is 0.486. The molecule has 0 saturated heterocycles. The molecule has 2 atom stereocenters. The van der Waals surface area contributed by atoms with Crippen molar-refractivity contribution in [3.05, 3.63) is 47.7 Å². The molecule has 19 heavy (non-hydrogen) atoms. The van der Waals surface area contributed by atoms with Crippen molar-refractivity contribution in [1.82, 2.24) is 5.32 Å². The first-order valence-electron chi connectivity index (χ1n) is 7.67. The molecule has 106 valence electrons. The third kappa shape index (κ3) is 5.96. The Kier molecular flexibility index (Phi) is 7.32. The Morgan fingerprint density at radius 2 is 1.84 bits per heavy atom. The van der Waals surface area contributed by atoms with Crippen LogP contribution in [0.15, 0.2) is 42.1 Å². The summed E-state index contributed by atoms with van der Waals surface area (Å²) < 4.78 is 0. The van der Waals surface area contributed by atoms with Crippen LogP contribution >= 0.6 is 0 Å². The molecule has 2 unspecified atom stereocenters. The molecule has 1 aromatic carbocycles. The van der Waals surface area contributed by atoms with Crippen LogP contribution in [0.5, 0.6) is 0 Å². The summed E-state index contributed by atoms with van der Waals surface area (Å²) in [5.41, 5.74) is 2.83. The predicted molar refractivity (Wildman–Crippen MR) is 85.2 cm³/mol. The summed E-state index contributed by atoms with van der Waals surface area (Å²) in [5.74, 6) is 0.642. The second-order valence-corrected chi connectivity index (χ2v) is 5.49. The highest BCUT2D eigenvalue weighted by Crippen LogP contribution is 2.16. The maximum absolute atomic E-state index is 3.71. The molecule has 0 bridgehead atoms. The van der Waals surface area contributed by atoms with Crippen LogP contribution in [0, 0.1) is 5.92 Å². The zero-order chi connectivity index (χ0) is 14.1. The normalized spacial score (nSPS) is 15.1. The van der Waals surface area contributed by atoms with E-state index in [-0.39, 0.29) is 0 Å². The van der Waals surface area contributed by atoms with Gasteiger partial charge in [-0.25, -0.2) is 0 Å². The molecule has 0 amide bonds. The van der Waals surface area contributed by atoms with Gasteiger partial charge in [0.25, 0.3) is 0 Å². The van der Waals surface area contributed by atoms with Crippen LogP contribution in [0.25, 0.3) is 0 Å². The molecule has 1 rings (SSSR count). The molecular formula is C18H29N. The van der Waals surface area contributed by atoms with E-state index in [1.54, 1.807) is 0 Å². The van der Waals surface area contributed by atoms with Gasteiger partial charge >= 0.3 is 0 Å². The van der Waals surface area contributed by atoms with Crippen molar-refractivity contribution in [3.63, 3.8) is 0 Å².